The summed E-state index contributed by atoms with van der Waals surface area (Å²) < 4.78 is 18.4. The Hall–Kier alpha value is -2.32. The van der Waals surface area contributed by atoms with Crippen LogP contribution in [0.4, 0.5) is 9.52 Å². The predicted molar refractivity (Wildman–Crippen MR) is 102 cm³/mol. The molecule has 0 spiro atoms. The van der Waals surface area contributed by atoms with Crippen LogP contribution in [0.1, 0.15) is 42.0 Å². The fourth-order valence-electron chi connectivity index (χ4n) is 1.99. The van der Waals surface area contributed by atoms with E-state index in [2.05, 4.69) is 36.1 Å². The van der Waals surface area contributed by atoms with Crippen molar-refractivity contribution in [2.75, 3.05) is 5.32 Å². The molecule has 0 saturated carbocycles. The molecule has 3 rings (SSSR count). The molecule has 1 N–H and O–H groups in total. The van der Waals surface area contributed by atoms with E-state index in [1.165, 1.54) is 34.8 Å². The lowest BCUT2D eigenvalue weighted by Gasteiger charge is -2.14. The average molecular weight is 391 g/mol. The zero-order valence-electron chi connectivity index (χ0n) is 14.6. The predicted octanol–water partition coefficient (Wildman–Crippen LogP) is 4.87. The van der Waals surface area contributed by atoms with E-state index in [1.54, 1.807) is 17.5 Å². The highest BCUT2D eigenvalue weighted by molar-refractivity contribution is 7.14. The van der Waals surface area contributed by atoms with Crippen LogP contribution in [-0.4, -0.2) is 15.9 Å². The molecule has 0 radical (unpaired) electrons. The van der Waals surface area contributed by atoms with E-state index >= 15 is 0 Å². The van der Waals surface area contributed by atoms with Crippen LogP contribution >= 0.6 is 22.7 Å². The Bertz CT molecular complexity index is 898. The minimum Gasteiger partial charge on any atom is -0.486 e. The maximum atomic E-state index is 12.9. The molecule has 0 atom stereocenters. The molecule has 2 heterocycles. The third kappa shape index (κ3) is 4.64. The van der Waals surface area contributed by atoms with Gasteiger partial charge in [-0.05, 0) is 24.3 Å². The number of carbonyl (C=O) groups is 1. The van der Waals surface area contributed by atoms with Crippen LogP contribution in [0.5, 0.6) is 5.75 Å². The number of nitrogens with zero attached hydrogens (tertiary/aromatic N) is 2. The number of carbonyl (C=O) groups excluding carboxylic acids is 1. The molecule has 3 aromatic rings. The standard InChI is InChI=1S/C18H18FN3O2S2/c1-18(2,3)14-10-26-17(21-14)22-16(23)13-9-25-15(20-13)8-24-12-6-4-11(19)5-7-12/h4-7,9-10H,8H2,1-3H3,(H,21,22,23). The summed E-state index contributed by atoms with van der Waals surface area (Å²) in [6, 6.07) is 5.75. The molecule has 0 unspecified atom stereocenters. The van der Waals surface area contributed by atoms with Gasteiger partial charge in [0.15, 0.2) is 5.13 Å². The van der Waals surface area contributed by atoms with Gasteiger partial charge < -0.3 is 4.74 Å². The lowest BCUT2D eigenvalue weighted by molar-refractivity contribution is 0.102. The van der Waals surface area contributed by atoms with Crippen molar-refractivity contribution in [2.45, 2.75) is 32.8 Å². The van der Waals surface area contributed by atoms with Crippen LogP contribution in [0.25, 0.3) is 0 Å². The van der Waals surface area contributed by atoms with E-state index < -0.39 is 0 Å². The van der Waals surface area contributed by atoms with E-state index in [0.717, 1.165) is 5.69 Å². The monoisotopic (exact) mass is 391 g/mol. The fraction of sp³-hybridized carbons (Fsp3) is 0.278. The number of halogens is 1. The molecule has 8 heteroatoms. The third-order valence-electron chi connectivity index (χ3n) is 3.45. The smallest absolute Gasteiger partial charge is 0.276 e. The zero-order valence-corrected chi connectivity index (χ0v) is 16.2. The van der Waals surface area contributed by atoms with E-state index in [9.17, 15) is 9.18 Å². The van der Waals surface area contributed by atoms with Gasteiger partial charge in [0.2, 0.25) is 0 Å². The molecule has 0 aliphatic rings. The van der Waals surface area contributed by atoms with Crippen molar-refractivity contribution in [2.24, 2.45) is 0 Å². The minimum absolute atomic E-state index is 0.0645. The number of nitrogens with one attached hydrogen (secondary N) is 1. The minimum atomic E-state index is -0.317. The molecule has 136 valence electrons. The van der Waals surface area contributed by atoms with Crippen LogP contribution < -0.4 is 10.1 Å². The van der Waals surface area contributed by atoms with Crippen LogP contribution in [-0.2, 0) is 12.0 Å². The van der Waals surface area contributed by atoms with Crippen molar-refractivity contribution >= 4 is 33.7 Å². The van der Waals surface area contributed by atoms with Crippen molar-refractivity contribution in [3.8, 4) is 5.75 Å². The number of aromatic nitrogens is 2. The summed E-state index contributed by atoms with van der Waals surface area (Å²) in [5, 5.41) is 7.61. The normalized spacial score (nSPS) is 11.4. The molecule has 5 nitrogen and oxygen atoms in total. The maximum absolute atomic E-state index is 12.9. The van der Waals surface area contributed by atoms with Crippen molar-refractivity contribution in [1.29, 1.82) is 0 Å². The summed E-state index contributed by atoms with van der Waals surface area (Å²) in [6.45, 7) is 6.43. The van der Waals surface area contributed by atoms with Crippen molar-refractivity contribution < 1.29 is 13.9 Å². The highest BCUT2D eigenvalue weighted by atomic mass is 32.1. The van der Waals surface area contributed by atoms with Gasteiger partial charge in [0, 0.05) is 16.2 Å². The van der Waals surface area contributed by atoms with Gasteiger partial charge in [-0.1, -0.05) is 20.8 Å². The molecule has 26 heavy (non-hydrogen) atoms. The van der Waals surface area contributed by atoms with Gasteiger partial charge in [0.05, 0.1) is 5.69 Å². The molecular weight excluding hydrogens is 373 g/mol. The quantitative estimate of drug-likeness (QED) is 0.674. The van der Waals surface area contributed by atoms with Crippen molar-refractivity contribution in [1.82, 2.24) is 9.97 Å². The molecule has 0 saturated heterocycles. The summed E-state index contributed by atoms with van der Waals surface area (Å²) in [5.41, 5.74) is 1.19. The molecule has 0 aliphatic heterocycles. The first kappa shape index (κ1) is 18.5. The molecule has 0 bridgehead atoms. The van der Waals surface area contributed by atoms with Gasteiger partial charge in [-0.2, -0.15) is 0 Å². The number of ether oxygens (including phenoxy) is 1. The first-order chi connectivity index (χ1) is 12.3. The Balaban J connectivity index is 1.59. The third-order valence-corrected chi connectivity index (χ3v) is 5.03. The maximum Gasteiger partial charge on any atom is 0.276 e. The average Bonchev–Trinajstić information content (AvgIpc) is 3.23. The van der Waals surface area contributed by atoms with Crippen LogP contribution in [0.15, 0.2) is 35.0 Å². The van der Waals surface area contributed by atoms with Gasteiger partial charge in [-0.25, -0.2) is 14.4 Å². The second-order valence-corrected chi connectivity index (χ2v) is 8.41. The molecule has 0 fully saturated rings. The lowest BCUT2D eigenvalue weighted by atomic mass is 9.93. The van der Waals surface area contributed by atoms with E-state index in [4.69, 9.17) is 4.74 Å². The Morgan fingerprint density at radius 2 is 1.88 bits per heavy atom. The molecule has 0 aliphatic carbocycles. The second-order valence-electron chi connectivity index (χ2n) is 6.61. The molecule has 2 aromatic heterocycles. The second kappa shape index (κ2) is 7.51. The first-order valence-electron chi connectivity index (χ1n) is 7.91. The summed E-state index contributed by atoms with van der Waals surface area (Å²) in [6.07, 6.45) is 0. The highest BCUT2D eigenvalue weighted by Gasteiger charge is 2.19. The van der Waals surface area contributed by atoms with E-state index in [-0.39, 0.29) is 23.7 Å². The van der Waals surface area contributed by atoms with Gasteiger partial charge in [0.1, 0.15) is 28.9 Å². The fourth-order valence-corrected chi connectivity index (χ4v) is 3.61. The summed E-state index contributed by atoms with van der Waals surface area (Å²) >= 11 is 2.72. The Labute approximate surface area is 158 Å². The molecule has 1 amide bonds. The van der Waals surface area contributed by atoms with E-state index in [1.807, 2.05) is 5.38 Å². The van der Waals surface area contributed by atoms with E-state index in [0.29, 0.717) is 21.6 Å². The summed E-state index contributed by atoms with van der Waals surface area (Å²) in [5.74, 6) is -0.0726. The summed E-state index contributed by atoms with van der Waals surface area (Å²) in [7, 11) is 0. The Kier molecular flexibility index (Phi) is 5.33. The van der Waals surface area contributed by atoms with Crippen molar-refractivity contribution in [3.63, 3.8) is 0 Å². The first-order valence-corrected chi connectivity index (χ1v) is 9.67. The number of amides is 1. The topological polar surface area (TPSA) is 64.1 Å². The Morgan fingerprint density at radius 1 is 1.15 bits per heavy atom. The SMILES string of the molecule is CC(C)(C)c1csc(NC(=O)c2csc(COc3ccc(F)cc3)n2)n1. The van der Waals surface area contributed by atoms with Gasteiger partial charge in [-0.15, -0.1) is 22.7 Å². The van der Waals surface area contributed by atoms with Crippen molar-refractivity contribution in [3.05, 3.63) is 57.2 Å². The van der Waals surface area contributed by atoms with Gasteiger partial charge >= 0.3 is 0 Å². The van der Waals surface area contributed by atoms with Gasteiger partial charge in [-0.3, -0.25) is 10.1 Å². The summed E-state index contributed by atoms with van der Waals surface area (Å²) in [4.78, 5) is 21.0. The highest BCUT2D eigenvalue weighted by Crippen LogP contribution is 2.26. The number of hydrogen-bond acceptors (Lipinski definition) is 6. The molecule has 1 aromatic carbocycles. The Morgan fingerprint density at radius 3 is 2.54 bits per heavy atom. The number of anilines is 1. The van der Waals surface area contributed by atoms with Crippen LogP contribution in [0.3, 0.4) is 0 Å². The van der Waals surface area contributed by atoms with Crippen LogP contribution in [0.2, 0.25) is 0 Å². The van der Waals surface area contributed by atoms with Crippen LogP contribution in [0, 0.1) is 5.82 Å². The number of rotatable bonds is 5. The largest absolute Gasteiger partial charge is 0.486 e. The number of benzene rings is 1. The zero-order chi connectivity index (χ0) is 18.7. The lowest BCUT2D eigenvalue weighted by Crippen LogP contribution is -2.14. The number of hydrogen-bond donors (Lipinski definition) is 1. The van der Waals surface area contributed by atoms with Gasteiger partial charge in [0.25, 0.3) is 5.91 Å². The number of thiazole rings is 2. The molecular formula is C18H18FN3O2S2.